The summed E-state index contributed by atoms with van der Waals surface area (Å²) in [5.74, 6) is -1.14. The molecule has 0 atom stereocenters. The molecule has 0 spiro atoms. The number of ether oxygens (including phenoxy) is 1. The van der Waals surface area contributed by atoms with Crippen LogP contribution in [0.15, 0.2) is 48.5 Å². The van der Waals surface area contributed by atoms with E-state index in [2.05, 4.69) is 0 Å². The lowest BCUT2D eigenvalue weighted by Crippen LogP contribution is -2.34. The first-order valence-corrected chi connectivity index (χ1v) is 7.72. The lowest BCUT2D eigenvalue weighted by molar-refractivity contribution is -0.385. The monoisotopic (exact) mass is 342 g/mol. The van der Waals surface area contributed by atoms with E-state index in [1.807, 2.05) is 25.1 Å². The summed E-state index contributed by atoms with van der Waals surface area (Å²) in [7, 11) is 0. The van der Waals surface area contributed by atoms with E-state index in [1.54, 1.807) is 12.1 Å². The van der Waals surface area contributed by atoms with Crippen molar-refractivity contribution in [3.8, 4) is 0 Å². The molecule has 0 aliphatic rings. The number of hydrogen-bond acceptors (Lipinski definition) is 5. The summed E-state index contributed by atoms with van der Waals surface area (Å²) in [5.41, 5.74) is 0.822. The highest BCUT2D eigenvalue weighted by Crippen LogP contribution is 2.21. The zero-order valence-electron chi connectivity index (χ0n) is 14.0. The van der Waals surface area contributed by atoms with Gasteiger partial charge in [-0.3, -0.25) is 14.9 Å². The van der Waals surface area contributed by atoms with Gasteiger partial charge in [0.25, 0.3) is 11.6 Å². The summed E-state index contributed by atoms with van der Waals surface area (Å²) in [6, 6.07) is 13.2. The van der Waals surface area contributed by atoms with Gasteiger partial charge in [0.1, 0.15) is 0 Å². The number of amides is 1. The van der Waals surface area contributed by atoms with Crippen LogP contribution in [0.4, 0.5) is 11.4 Å². The minimum atomic E-state index is -0.765. The Bertz CT molecular complexity index is 789. The molecule has 2 aromatic rings. The van der Waals surface area contributed by atoms with Crippen molar-refractivity contribution >= 4 is 23.3 Å². The molecule has 0 saturated heterocycles. The predicted molar refractivity (Wildman–Crippen MR) is 92.6 cm³/mol. The zero-order valence-corrected chi connectivity index (χ0v) is 14.0. The summed E-state index contributed by atoms with van der Waals surface area (Å²) in [5, 5.41) is 10.9. The smallest absolute Gasteiger partial charge is 0.339 e. The Labute approximate surface area is 145 Å². The van der Waals surface area contributed by atoms with Gasteiger partial charge in [-0.05, 0) is 32.0 Å². The molecule has 7 nitrogen and oxygen atoms in total. The molecule has 0 unspecified atom stereocenters. The number of nitro groups is 1. The first-order valence-electron chi connectivity index (χ1n) is 7.72. The van der Waals surface area contributed by atoms with Gasteiger partial charge in [0.05, 0.1) is 10.5 Å². The molecule has 2 aromatic carbocycles. The molecule has 0 aliphatic carbocycles. The number of nitro benzene ring substituents is 1. The molecule has 0 bridgehead atoms. The molecule has 1 amide bonds. The van der Waals surface area contributed by atoms with E-state index in [0.717, 1.165) is 0 Å². The number of para-hydroxylation sites is 1. The number of anilines is 1. The van der Waals surface area contributed by atoms with Crippen molar-refractivity contribution in [2.75, 3.05) is 18.1 Å². The van der Waals surface area contributed by atoms with Crippen LogP contribution in [0.5, 0.6) is 0 Å². The molecule has 2 rings (SSSR count). The number of hydrogen-bond donors (Lipinski definition) is 0. The Morgan fingerprint density at radius 1 is 1.12 bits per heavy atom. The Morgan fingerprint density at radius 3 is 2.40 bits per heavy atom. The van der Waals surface area contributed by atoms with Crippen LogP contribution in [0.3, 0.4) is 0 Å². The fourth-order valence-corrected chi connectivity index (χ4v) is 2.44. The third-order valence-electron chi connectivity index (χ3n) is 3.73. The van der Waals surface area contributed by atoms with Crippen LogP contribution in [0.2, 0.25) is 0 Å². The van der Waals surface area contributed by atoms with Crippen LogP contribution in [0.25, 0.3) is 0 Å². The van der Waals surface area contributed by atoms with Crippen molar-refractivity contribution in [3.63, 3.8) is 0 Å². The minimum absolute atomic E-state index is 0.0739. The standard InChI is InChI=1S/C18H18N2O5/c1-3-19(14-8-5-4-6-9-14)17(21)12-25-18(22)15-10-7-11-16(13(15)2)20(23)24/h4-11H,3,12H2,1-2H3. The van der Waals surface area contributed by atoms with Crippen molar-refractivity contribution < 1.29 is 19.2 Å². The van der Waals surface area contributed by atoms with Gasteiger partial charge in [-0.2, -0.15) is 0 Å². The van der Waals surface area contributed by atoms with Crippen molar-refractivity contribution in [3.05, 3.63) is 69.8 Å². The first-order chi connectivity index (χ1) is 12.0. The lowest BCUT2D eigenvalue weighted by Gasteiger charge is -2.20. The topological polar surface area (TPSA) is 89.8 Å². The maximum absolute atomic E-state index is 12.3. The number of benzene rings is 2. The molecule has 0 aliphatic heterocycles. The summed E-state index contributed by atoms with van der Waals surface area (Å²) in [4.78, 5) is 36.4. The van der Waals surface area contributed by atoms with Crippen LogP contribution in [-0.4, -0.2) is 30.0 Å². The number of likely N-dealkylation sites (N-methyl/N-ethyl adjacent to an activating group) is 1. The zero-order chi connectivity index (χ0) is 18.4. The molecule has 130 valence electrons. The Morgan fingerprint density at radius 2 is 1.80 bits per heavy atom. The summed E-state index contributed by atoms with van der Waals surface area (Å²) < 4.78 is 5.06. The maximum Gasteiger partial charge on any atom is 0.339 e. The van der Waals surface area contributed by atoms with Crippen molar-refractivity contribution in [2.45, 2.75) is 13.8 Å². The van der Waals surface area contributed by atoms with E-state index in [-0.39, 0.29) is 22.7 Å². The van der Waals surface area contributed by atoms with E-state index < -0.39 is 17.5 Å². The van der Waals surface area contributed by atoms with Crippen LogP contribution in [0.1, 0.15) is 22.8 Å². The molecule has 0 aromatic heterocycles. The van der Waals surface area contributed by atoms with E-state index in [9.17, 15) is 19.7 Å². The van der Waals surface area contributed by atoms with E-state index >= 15 is 0 Å². The molecule has 25 heavy (non-hydrogen) atoms. The highest BCUT2D eigenvalue weighted by molar-refractivity contribution is 5.97. The Kier molecular flexibility index (Phi) is 5.84. The second-order valence-corrected chi connectivity index (χ2v) is 5.26. The van der Waals surface area contributed by atoms with Crippen molar-refractivity contribution in [1.82, 2.24) is 0 Å². The summed E-state index contributed by atoms with van der Waals surface area (Å²) >= 11 is 0. The number of carbonyl (C=O) groups excluding carboxylic acids is 2. The van der Waals surface area contributed by atoms with Gasteiger partial charge in [0.15, 0.2) is 6.61 Å². The predicted octanol–water partition coefficient (Wildman–Crippen LogP) is 3.11. The second kappa shape index (κ2) is 8.05. The highest BCUT2D eigenvalue weighted by Gasteiger charge is 2.21. The number of rotatable bonds is 6. The molecule has 0 N–H and O–H groups in total. The van der Waals surface area contributed by atoms with Crippen molar-refractivity contribution in [1.29, 1.82) is 0 Å². The van der Waals surface area contributed by atoms with Gasteiger partial charge in [0.2, 0.25) is 0 Å². The fraction of sp³-hybridized carbons (Fsp3) is 0.222. The van der Waals surface area contributed by atoms with Gasteiger partial charge in [-0.25, -0.2) is 4.79 Å². The Balaban J connectivity index is 2.08. The third kappa shape index (κ3) is 4.20. The number of carbonyl (C=O) groups is 2. The highest BCUT2D eigenvalue weighted by atomic mass is 16.6. The third-order valence-corrected chi connectivity index (χ3v) is 3.73. The molecule has 0 heterocycles. The van der Waals surface area contributed by atoms with Crippen molar-refractivity contribution in [2.24, 2.45) is 0 Å². The van der Waals surface area contributed by atoms with Crippen LogP contribution >= 0.6 is 0 Å². The second-order valence-electron chi connectivity index (χ2n) is 5.26. The van der Waals surface area contributed by atoms with Gasteiger partial charge in [-0.15, -0.1) is 0 Å². The first kappa shape index (κ1) is 18.1. The van der Waals surface area contributed by atoms with E-state index in [0.29, 0.717) is 12.2 Å². The maximum atomic E-state index is 12.3. The van der Waals surface area contributed by atoms with Gasteiger partial charge in [0, 0.05) is 23.9 Å². The average molecular weight is 342 g/mol. The Hall–Kier alpha value is -3.22. The molecule has 0 radical (unpaired) electrons. The van der Waals surface area contributed by atoms with Gasteiger partial charge in [-0.1, -0.05) is 24.3 Å². The van der Waals surface area contributed by atoms with E-state index in [4.69, 9.17) is 4.74 Å². The van der Waals surface area contributed by atoms with Crippen LogP contribution in [0, 0.1) is 17.0 Å². The fourth-order valence-electron chi connectivity index (χ4n) is 2.44. The lowest BCUT2D eigenvalue weighted by atomic mass is 10.1. The number of esters is 1. The molecular weight excluding hydrogens is 324 g/mol. The van der Waals surface area contributed by atoms with E-state index in [1.165, 1.54) is 30.0 Å². The molecule has 7 heteroatoms. The molecular formula is C18H18N2O5. The molecule has 0 fully saturated rings. The van der Waals surface area contributed by atoms with Gasteiger partial charge >= 0.3 is 5.97 Å². The SMILES string of the molecule is CCN(C(=O)COC(=O)c1cccc([N+](=O)[O-])c1C)c1ccccc1. The quantitative estimate of drug-likeness (QED) is 0.457. The van der Waals surface area contributed by atoms with Gasteiger partial charge < -0.3 is 9.64 Å². The van der Waals surface area contributed by atoms with Crippen LogP contribution < -0.4 is 4.90 Å². The minimum Gasteiger partial charge on any atom is -0.452 e. The number of nitrogens with zero attached hydrogens (tertiary/aromatic N) is 2. The normalized spacial score (nSPS) is 10.2. The average Bonchev–Trinajstić information content (AvgIpc) is 2.61. The summed E-state index contributed by atoms with van der Waals surface area (Å²) in [6.07, 6.45) is 0. The molecule has 0 saturated carbocycles. The summed E-state index contributed by atoms with van der Waals surface area (Å²) in [6.45, 7) is 3.27. The van der Waals surface area contributed by atoms with Crippen LogP contribution in [-0.2, 0) is 9.53 Å². The largest absolute Gasteiger partial charge is 0.452 e.